The lowest BCUT2D eigenvalue weighted by Gasteiger charge is -2.09. The highest BCUT2D eigenvalue weighted by Crippen LogP contribution is 2.24. The maximum Gasteiger partial charge on any atom is 0.248 e. The third-order valence-corrected chi connectivity index (χ3v) is 7.31. The Labute approximate surface area is 191 Å². The third kappa shape index (κ3) is 6.33. The predicted octanol–water partition coefficient (Wildman–Crippen LogP) is 4.74. The molecule has 1 amide bonds. The summed E-state index contributed by atoms with van der Waals surface area (Å²) in [5, 5.41) is 2.69. The second-order valence-corrected chi connectivity index (χ2v) is 9.68. The highest BCUT2D eigenvalue weighted by Gasteiger charge is 2.14. The van der Waals surface area contributed by atoms with Crippen molar-refractivity contribution in [1.29, 1.82) is 0 Å². The number of aromatic nitrogens is 1. The molecule has 3 aromatic rings. The molecule has 0 radical (unpaired) electrons. The quantitative estimate of drug-likeness (QED) is 0.416. The van der Waals surface area contributed by atoms with E-state index in [9.17, 15) is 13.2 Å². The molecule has 3 rings (SSSR count). The van der Waals surface area contributed by atoms with Gasteiger partial charge in [0.15, 0.2) is 0 Å². The number of amides is 1. The number of carbonyl (C=O) groups is 1. The molecule has 1 heterocycles. The maximum atomic E-state index is 12.5. The molecule has 0 bridgehead atoms. The van der Waals surface area contributed by atoms with Crippen LogP contribution in [0.2, 0.25) is 0 Å². The molecule has 30 heavy (non-hydrogen) atoms. The molecule has 2 aromatic carbocycles. The molecule has 0 saturated heterocycles. The van der Waals surface area contributed by atoms with E-state index in [1.165, 1.54) is 18.2 Å². The maximum absolute atomic E-state index is 12.5. The first-order valence-electron chi connectivity index (χ1n) is 8.76. The number of carbonyl (C=O) groups excluding carboxylic acids is 1. The number of benzene rings is 2. The molecule has 9 heteroatoms. The normalized spacial score (nSPS) is 11.5. The number of sulfonamides is 1. The van der Waals surface area contributed by atoms with Crippen LogP contribution in [0.25, 0.3) is 6.08 Å². The second-order valence-electron chi connectivity index (χ2n) is 6.20. The van der Waals surface area contributed by atoms with Crippen LogP contribution in [-0.2, 0) is 21.4 Å². The van der Waals surface area contributed by atoms with Crippen molar-refractivity contribution < 1.29 is 13.2 Å². The smallest absolute Gasteiger partial charge is 0.248 e. The van der Waals surface area contributed by atoms with Gasteiger partial charge in [-0.05, 0) is 97.6 Å². The lowest BCUT2D eigenvalue weighted by molar-refractivity contribution is -0.111. The molecule has 0 spiro atoms. The van der Waals surface area contributed by atoms with E-state index in [1.54, 1.807) is 42.7 Å². The van der Waals surface area contributed by atoms with Crippen molar-refractivity contribution in [2.24, 2.45) is 0 Å². The van der Waals surface area contributed by atoms with Crippen molar-refractivity contribution in [2.75, 3.05) is 5.32 Å². The summed E-state index contributed by atoms with van der Waals surface area (Å²) in [6.45, 7) is 0.159. The number of nitrogens with zero attached hydrogens (tertiary/aromatic N) is 1. The number of hydrogen-bond acceptors (Lipinski definition) is 4. The van der Waals surface area contributed by atoms with Gasteiger partial charge in [0.05, 0.1) is 4.90 Å². The Morgan fingerprint density at radius 1 is 0.967 bits per heavy atom. The summed E-state index contributed by atoms with van der Waals surface area (Å²) >= 11 is 6.78. The van der Waals surface area contributed by atoms with Crippen molar-refractivity contribution >= 4 is 59.6 Å². The molecule has 2 N–H and O–H groups in total. The lowest BCUT2D eigenvalue weighted by Crippen LogP contribution is -2.23. The van der Waals surface area contributed by atoms with E-state index in [0.29, 0.717) is 5.69 Å². The predicted molar refractivity (Wildman–Crippen MR) is 124 cm³/mol. The third-order valence-electron chi connectivity index (χ3n) is 4.02. The molecule has 0 aliphatic heterocycles. The average Bonchev–Trinajstić information content (AvgIpc) is 2.74. The molecule has 0 saturated carbocycles. The average molecular weight is 551 g/mol. The minimum Gasteiger partial charge on any atom is -0.323 e. The number of nitrogens with one attached hydrogen (secondary N) is 2. The number of halogens is 2. The van der Waals surface area contributed by atoms with Gasteiger partial charge >= 0.3 is 0 Å². The van der Waals surface area contributed by atoms with Crippen LogP contribution in [0.5, 0.6) is 0 Å². The first kappa shape index (κ1) is 22.4. The Morgan fingerprint density at radius 2 is 1.67 bits per heavy atom. The van der Waals surface area contributed by atoms with Gasteiger partial charge in [-0.1, -0.05) is 6.07 Å². The number of hydrogen-bond donors (Lipinski definition) is 2. The van der Waals surface area contributed by atoms with Crippen molar-refractivity contribution in [2.45, 2.75) is 11.4 Å². The monoisotopic (exact) mass is 549 g/mol. The summed E-state index contributed by atoms with van der Waals surface area (Å²) in [5.41, 5.74) is 2.17. The first-order chi connectivity index (χ1) is 14.3. The van der Waals surface area contributed by atoms with Gasteiger partial charge in [-0.2, -0.15) is 0 Å². The van der Waals surface area contributed by atoms with Crippen LogP contribution in [0.3, 0.4) is 0 Å². The fraction of sp³-hybridized carbons (Fsp3) is 0.0476. The van der Waals surface area contributed by atoms with E-state index in [4.69, 9.17) is 0 Å². The molecular weight excluding hydrogens is 534 g/mol. The molecule has 154 valence electrons. The van der Waals surface area contributed by atoms with Crippen LogP contribution in [0.15, 0.2) is 86.9 Å². The standard InChI is InChI=1S/C21H17Br2N3O3S/c22-19-7-1-16(13-20(19)23)14-25-30(28,29)18-5-3-17(4-6-18)26-21(27)8-2-15-9-11-24-12-10-15/h1-13,25H,14H2,(H,26,27)/b8-2+. The molecule has 0 aliphatic rings. The molecule has 0 fully saturated rings. The van der Waals surface area contributed by atoms with Crippen LogP contribution in [0.4, 0.5) is 5.69 Å². The largest absolute Gasteiger partial charge is 0.323 e. The Morgan fingerprint density at radius 3 is 2.33 bits per heavy atom. The molecule has 0 aliphatic carbocycles. The van der Waals surface area contributed by atoms with Gasteiger partial charge in [0.25, 0.3) is 0 Å². The van der Waals surface area contributed by atoms with Gasteiger partial charge < -0.3 is 5.32 Å². The van der Waals surface area contributed by atoms with Gasteiger partial charge in [-0.15, -0.1) is 0 Å². The van der Waals surface area contributed by atoms with Gasteiger partial charge in [0.2, 0.25) is 15.9 Å². The van der Waals surface area contributed by atoms with Crippen LogP contribution < -0.4 is 10.0 Å². The summed E-state index contributed by atoms with van der Waals surface area (Å²) < 4.78 is 29.3. The molecular formula is C21H17Br2N3O3S. The van der Waals surface area contributed by atoms with E-state index in [0.717, 1.165) is 20.1 Å². The van der Waals surface area contributed by atoms with Crippen molar-refractivity contribution in [1.82, 2.24) is 9.71 Å². The van der Waals surface area contributed by atoms with Crippen LogP contribution >= 0.6 is 31.9 Å². The summed E-state index contributed by atoms with van der Waals surface area (Å²) in [4.78, 5) is 16.1. The van der Waals surface area contributed by atoms with Crippen molar-refractivity contribution in [3.05, 3.63) is 93.1 Å². The summed E-state index contributed by atoms with van der Waals surface area (Å²) in [7, 11) is -3.68. The van der Waals surface area contributed by atoms with Gasteiger partial charge in [0.1, 0.15) is 0 Å². The van der Waals surface area contributed by atoms with Crippen molar-refractivity contribution in [3.8, 4) is 0 Å². The molecule has 1 aromatic heterocycles. The number of anilines is 1. The number of pyridine rings is 1. The first-order valence-corrected chi connectivity index (χ1v) is 11.8. The minimum atomic E-state index is -3.68. The zero-order valence-electron chi connectivity index (χ0n) is 15.5. The van der Waals surface area contributed by atoms with E-state index in [-0.39, 0.29) is 17.3 Å². The molecule has 0 unspecified atom stereocenters. The van der Waals surface area contributed by atoms with Crippen LogP contribution in [-0.4, -0.2) is 19.3 Å². The molecule has 6 nitrogen and oxygen atoms in total. The van der Waals surface area contributed by atoms with E-state index < -0.39 is 10.0 Å². The fourth-order valence-corrected chi connectivity index (χ4v) is 4.15. The van der Waals surface area contributed by atoms with E-state index in [2.05, 4.69) is 46.9 Å². The van der Waals surface area contributed by atoms with Crippen LogP contribution in [0.1, 0.15) is 11.1 Å². The van der Waals surface area contributed by atoms with E-state index >= 15 is 0 Å². The summed E-state index contributed by atoms with van der Waals surface area (Å²) in [5.74, 6) is -0.318. The minimum absolute atomic E-state index is 0.115. The summed E-state index contributed by atoms with van der Waals surface area (Å²) in [6, 6.07) is 15.1. The van der Waals surface area contributed by atoms with Gasteiger partial charge in [-0.25, -0.2) is 13.1 Å². The fourth-order valence-electron chi connectivity index (χ4n) is 2.46. The number of rotatable bonds is 7. The summed E-state index contributed by atoms with van der Waals surface area (Å²) in [6.07, 6.45) is 6.35. The Kier molecular flexibility index (Phi) is 7.54. The zero-order chi connectivity index (χ0) is 21.6. The Bertz CT molecular complexity index is 1170. The Balaban J connectivity index is 1.60. The highest BCUT2D eigenvalue weighted by atomic mass is 79.9. The topological polar surface area (TPSA) is 88.2 Å². The van der Waals surface area contributed by atoms with Crippen LogP contribution in [0, 0.1) is 0 Å². The molecule has 0 atom stereocenters. The van der Waals surface area contributed by atoms with Crippen molar-refractivity contribution in [3.63, 3.8) is 0 Å². The Hall–Kier alpha value is -2.33. The highest BCUT2D eigenvalue weighted by molar-refractivity contribution is 9.13. The van der Waals surface area contributed by atoms with Gasteiger partial charge in [-0.3, -0.25) is 9.78 Å². The van der Waals surface area contributed by atoms with E-state index in [1.807, 2.05) is 18.2 Å². The lowest BCUT2D eigenvalue weighted by atomic mass is 10.2. The van der Waals surface area contributed by atoms with Gasteiger partial charge in [0, 0.05) is 39.6 Å². The zero-order valence-corrected chi connectivity index (χ0v) is 19.5. The second kappa shape index (κ2) is 10.1. The SMILES string of the molecule is O=C(/C=C/c1ccncc1)Nc1ccc(S(=O)(=O)NCc2ccc(Br)c(Br)c2)cc1.